The molecule has 0 amide bonds. The Hall–Kier alpha value is -1.23. The van der Waals surface area contributed by atoms with E-state index in [1.165, 1.54) is 36.5 Å². The van der Waals surface area contributed by atoms with E-state index in [2.05, 4.69) is 38.1 Å². The van der Waals surface area contributed by atoms with Gasteiger partial charge in [-0.15, -0.1) is 35.3 Å². The first kappa shape index (κ1) is 23.1. The topological polar surface area (TPSA) is 54.2 Å². The molecule has 1 saturated carbocycles. The fourth-order valence-corrected chi connectivity index (χ4v) is 4.69. The van der Waals surface area contributed by atoms with Gasteiger partial charge in [0.15, 0.2) is 5.96 Å². The van der Waals surface area contributed by atoms with Crippen molar-refractivity contribution in [2.45, 2.75) is 57.5 Å². The lowest BCUT2D eigenvalue weighted by atomic mass is 9.73. The third kappa shape index (κ3) is 5.65. The Kier molecular flexibility index (Phi) is 9.13. The number of thiophene rings is 1. The Balaban J connectivity index is 0.00000280. The molecule has 0 aliphatic heterocycles. The van der Waals surface area contributed by atoms with E-state index >= 15 is 0 Å². The Morgan fingerprint density at radius 1 is 1.32 bits per heavy atom. The van der Waals surface area contributed by atoms with Gasteiger partial charge in [0.05, 0.1) is 0 Å². The lowest BCUT2D eigenvalue weighted by Gasteiger charge is -2.37. The Morgan fingerprint density at radius 3 is 2.75 bits per heavy atom. The van der Waals surface area contributed by atoms with Crippen molar-refractivity contribution >= 4 is 41.3 Å². The van der Waals surface area contributed by atoms with Gasteiger partial charge in [-0.05, 0) is 31.2 Å². The second kappa shape index (κ2) is 11.1. The van der Waals surface area contributed by atoms with Gasteiger partial charge < -0.3 is 10.6 Å². The fraction of sp³-hybridized carbons (Fsp3) is 0.579. The second-order valence-electron chi connectivity index (χ2n) is 6.90. The SMILES string of the molecule is CCNC(=NCc1nccn1C(F)F)NCC1(c2cccs2)CCCCC1.I. The first-order valence-electron chi connectivity index (χ1n) is 9.51. The highest BCUT2D eigenvalue weighted by Gasteiger charge is 2.34. The van der Waals surface area contributed by atoms with Crippen LogP contribution in [0.25, 0.3) is 0 Å². The highest BCUT2D eigenvalue weighted by atomic mass is 127. The average Bonchev–Trinajstić information content (AvgIpc) is 3.37. The minimum Gasteiger partial charge on any atom is -0.357 e. The molecule has 1 aliphatic rings. The summed E-state index contributed by atoms with van der Waals surface area (Å²) < 4.78 is 26.8. The van der Waals surface area contributed by atoms with Crippen LogP contribution in [0.2, 0.25) is 0 Å². The van der Waals surface area contributed by atoms with E-state index in [1.54, 1.807) is 0 Å². The van der Waals surface area contributed by atoms with Crippen molar-refractivity contribution < 1.29 is 8.78 Å². The van der Waals surface area contributed by atoms with Gasteiger partial charge in [-0.2, -0.15) is 8.78 Å². The third-order valence-corrected chi connectivity index (χ3v) is 6.25. The third-order valence-electron chi connectivity index (χ3n) is 5.13. The predicted octanol–water partition coefficient (Wildman–Crippen LogP) is 4.91. The van der Waals surface area contributed by atoms with Gasteiger partial charge in [-0.1, -0.05) is 25.3 Å². The van der Waals surface area contributed by atoms with E-state index in [9.17, 15) is 8.78 Å². The number of alkyl halides is 2. The van der Waals surface area contributed by atoms with Crippen molar-refractivity contribution in [1.29, 1.82) is 0 Å². The summed E-state index contributed by atoms with van der Waals surface area (Å²) in [5.74, 6) is 0.899. The van der Waals surface area contributed by atoms with Gasteiger partial charge >= 0.3 is 6.55 Å². The van der Waals surface area contributed by atoms with Crippen molar-refractivity contribution in [3.8, 4) is 0 Å². The number of aromatic nitrogens is 2. The average molecular weight is 523 g/mol. The van der Waals surface area contributed by atoms with Gasteiger partial charge in [-0.25, -0.2) is 9.98 Å². The fourth-order valence-electron chi connectivity index (χ4n) is 3.71. The van der Waals surface area contributed by atoms with Crippen LogP contribution in [-0.4, -0.2) is 28.6 Å². The summed E-state index contributed by atoms with van der Waals surface area (Å²) in [6.45, 7) is 1.01. The van der Waals surface area contributed by atoms with Gasteiger partial charge in [0.2, 0.25) is 0 Å². The van der Waals surface area contributed by atoms with E-state index in [1.807, 2.05) is 18.3 Å². The zero-order valence-corrected chi connectivity index (χ0v) is 19.2. The number of rotatable bonds is 7. The van der Waals surface area contributed by atoms with Crippen molar-refractivity contribution in [1.82, 2.24) is 20.2 Å². The molecule has 2 N–H and O–H groups in total. The van der Waals surface area contributed by atoms with E-state index in [0.29, 0.717) is 12.5 Å². The molecule has 1 aliphatic carbocycles. The van der Waals surface area contributed by atoms with Crippen molar-refractivity contribution in [3.63, 3.8) is 0 Å². The molecule has 5 nitrogen and oxygen atoms in total. The van der Waals surface area contributed by atoms with Crippen LogP contribution in [0.5, 0.6) is 0 Å². The monoisotopic (exact) mass is 523 g/mol. The summed E-state index contributed by atoms with van der Waals surface area (Å²) in [6.07, 6.45) is 8.75. The van der Waals surface area contributed by atoms with Gasteiger partial charge in [0, 0.05) is 35.8 Å². The second-order valence-corrected chi connectivity index (χ2v) is 7.84. The number of nitrogens with one attached hydrogen (secondary N) is 2. The van der Waals surface area contributed by atoms with E-state index < -0.39 is 6.55 Å². The summed E-state index contributed by atoms with van der Waals surface area (Å²) >= 11 is 1.81. The number of hydrogen-bond donors (Lipinski definition) is 2. The van der Waals surface area contributed by atoms with E-state index in [4.69, 9.17) is 0 Å². The lowest BCUT2D eigenvalue weighted by molar-refractivity contribution is 0.0671. The lowest BCUT2D eigenvalue weighted by Crippen LogP contribution is -2.46. The van der Waals surface area contributed by atoms with Crippen LogP contribution < -0.4 is 10.6 Å². The van der Waals surface area contributed by atoms with Crippen LogP contribution >= 0.6 is 35.3 Å². The van der Waals surface area contributed by atoms with Crippen LogP contribution in [0.3, 0.4) is 0 Å². The molecule has 2 aromatic heterocycles. The number of hydrogen-bond acceptors (Lipinski definition) is 3. The first-order valence-corrected chi connectivity index (χ1v) is 10.4. The molecule has 28 heavy (non-hydrogen) atoms. The zero-order chi connectivity index (χ0) is 19.1. The maximum absolute atomic E-state index is 13.0. The number of halogens is 3. The first-order chi connectivity index (χ1) is 13.1. The Morgan fingerprint density at radius 2 is 2.11 bits per heavy atom. The molecule has 9 heteroatoms. The Bertz CT molecular complexity index is 727. The van der Waals surface area contributed by atoms with Gasteiger partial charge in [0.1, 0.15) is 12.4 Å². The van der Waals surface area contributed by atoms with Gasteiger partial charge in [0.25, 0.3) is 0 Å². The van der Waals surface area contributed by atoms with E-state index in [0.717, 1.165) is 24.0 Å². The number of nitrogens with zero attached hydrogens (tertiary/aromatic N) is 3. The predicted molar refractivity (Wildman–Crippen MR) is 121 cm³/mol. The van der Waals surface area contributed by atoms with Crippen LogP contribution in [-0.2, 0) is 12.0 Å². The molecule has 2 aromatic rings. The molecule has 1 fully saturated rings. The Labute approximate surface area is 186 Å². The highest BCUT2D eigenvalue weighted by Crippen LogP contribution is 2.41. The smallest absolute Gasteiger partial charge is 0.319 e. The zero-order valence-electron chi connectivity index (χ0n) is 16.0. The molecule has 3 rings (SSSR count). The summed E-state index contributed by atoms with van der Waals surface area (Å²) in [7, 11) is 0. The molecule has 0 saturated heterocycles. The van der Waals surface area contributed by atoms with Crippen molar-refractivity contribution in [2.24, 2.45) is 4.99 Å². The number of imidazole rings is 1. The number of aliphatic imine (C=N–C) groups is 1. The molecule has 0 bridgehead atoms. The highest BCUT2D eigenvalue weighted by molar-refractivity contribution is 14.0. The van der Waals surface area contributed by atoms with Crippen molar-refractivity contribution in [3.05, 3.63) is 40.6 Å². The standard InChI is InChI=1S/C19H27F2N5S.HI/c1-2-22-18(24-13-16-23-10-11-26(16)17(20)21)25-14-19(8-4-3-5-9-19)15-7-6-12-27-15;/h6-7,10-12,17H,2-5,8-9,13-14H2,1H3,(H2,22,24,25);1H. The van der Waals surface area contributed by atoms with E-state index in [-0.39, 0.29) is 41.8 Å². The molecular formula is C19H28F2IN5S. The summed E-state index contributed by atoms with van der Waals surface area (Å²) in [4.78, 5) is 9.89. The molecule has 2 heterocycles. The molecule has 0 atom stereocenters. The van der Waals surface area contributed by atoms with Crippen molar-refractivity contribution in [2.75, 3.05) is 13.1 Å². The van der Waals surface area contributed by atoms with Gasteiger partial charge in [-0.3, -0.25) is 4.57 Å². The summed E-state index contributed by atoms with van der Waals surface area (Å²) in [5, 5.41) is 8.80. The van der Waals surface area contributed by atoms with Crippen LogP contribution in [0, 0.1) is 0 Å². The van der Waals surface area contributed by atoms with Crippen LogP contribution in [0.4, 0.5) is 8.78 Å². The maximum Gasteiger partial charge on any atom is 0.319 e. The quantitative estimate of drug-likeness (QED) is 0.308. The maximum atomic E-state index is 13.0. The summed E-state index contributed by atoms with van der Waals surface area (Å²) in [5.41, 5.74) is 0.129. The molecule has 0 aromatic carbocycles. The van der Waals surface area contributed by atoms with Crippen LogP contribution in [0.1, 0.15) is 56.3 Å². The molecule has 0 spiro atoms. The molecule has 0 radical (unpaired) electrons. The minimum atomic E-state index is -2.60. The summed E-state index contributed by atoms with van der Waals surface area (Å²) in [6, 6.07) is 4.33. The minimum absolute atomic E-state index is 0. The largest absolute Gasteiger partial charge is 0.357 e. The normalized spacial score (nSPS) is 16.6. The molecule has 156 valence electrons. The molecule has 0 unspecified atom stereocenters. The molecular weight excluding hydrogens is 495 g/mol. The number of guanidine groups is 1. The van der Waals surface area contributed by atoms with Crippen LogP contribution in [0.15, 0.2) is 34.9 Å².